The predicted molar refractivity (Wildman–Crippen MR) is 77.6 cm³/mol. The number of hydrogen-bond donors (Lipinski definition) is 3. The highest BCUT2D eigenvalue weighted by Crippen LogP contribution is 2.12. The van der Waals surface area contributed by atoms with Crippen LogP contribution in [0.1, 0.15) is 6.42 Å². The average molecular weight is 300 g/mol. The van der Waals surface area contributed by atoms with Gasteiger partial charge in [-0.3, -0.25) is 9.59 Å². The van der Waals surface area contributed by atoms with Crippen molar-refractivity contribution in [3.05, 3.63) is 29.3 Å². The number of methoxy groups -OCH3 is 1. The van der Waals surface area contributed by atoms with E-state index in [0.29, 0.717) is 10.7 Å². The lowest BCUT2D eigenvalue weighted by atomic mass is 10.2. The molecule has 1 aromatic carbocycles. The number of amides is 2. The van der Waals surface area contributed by atoms with Crippen LogP contribution in [0.3, 0.4) is 0 Å². The second-order valence-electron chi connectivity index (χ2n) is 4.13. The van der Waals surface area contributed by atoms with E-state index in [0.717, 1.165) is 0 Å². The average Bonchev–Trinajstić information content (AvgIpc) is 2.45. The number of anilines is 1. The molecule has 1 aromatic rings. The number of benzene rings is 1. The second-order valence-corrected chi connectivity index (χ2v) is 4.57. The molecular formula is C13H18ClN3O3. The number of rotatable bonds is 7. The molecule has 0 radical (unpaired) electrons. The topological polar surface area (TPSA) is 93.4 Å². The van der Waals surface area contributed by atoms with Crippen LogP contribution in [0.25, 0.3) is 0 Å². The van der Waals surface area contributed by atoms with Crippen molar-refractivity contribution in [3.8, 4) is 0 Å². The first-order chi connectivity index (χ1) is 9.55. The fourth-order valence-corrected chi connectivity index (χ4v) is 1.59. The highest BCUT2D eigenvalue weighted by molar-refractivity contribution is 6.30. The fourth-order valence-electron chi connectivity index (χ4n) is 1.46. The zero-order valence-corrected chi connectivity index (χ0v) is 11.9. The smallest absolute Gasteiger partial charge is 0.243 e. The monoisotopic (exact) mass is 299 g/mol. The van der Waals surface area contributed by atoms with Gasteiger partial charge < -0.3 is 21.1 Å². The number of hydrogen-bond acceptors (Lipinski definition) is 4. The molecule has 20 heavy (non-hydrogen) atoms. The van der Waals surface area contributed by atoms with Crippen LogP contribution in [-0.2, 0) is 14.3 Å². The quantitative estimate of drug-likeness (QED) is 0.693. The number of nitrogens with two attached hydrogens (primary N) is 1. The minimum Gasteiger partial charge on any atom is -0.380 e. The Morgan fingerprint density at radius 1 is 1.30 bits per heavy atom. The highest BCUT2D eigenvalue weighted by atomic mass is 35.5. The minimum atomic E-state index is -0.339. The molecule has 0 aliphatic heterocycles. The molecule has 0 aliphatic rings. The summed E-state index contributed by atoms with van der Waals surface area (Å²) in [6.45, 7) is 0.142. The standard InChI is InChI=1S/C13H18ClN3O3/c1-20-11(7-15)6-12(18)16-8-13(19)17-10-4-2-9(14)3-5-10/h2-5,11H,6-8,15H2,1H3,(H,16,18)(H,17,19). The van der Waals surface area contributed by atoms with Gasteiger partial charge in [-0.25, -0.2) is 0 Å². The van der Waals surface area contributed by atoms with Gasteiger partial charge in [-0.15, -0.1) is 0 Å². The Balaban J connectivity index is 2.32. The number of nitrogens with one attached hydrogen (secondary N) is 2. The fraction of sp³-hybridized carbons (Fsp3) is 0.385. The van der Waals surface area contributed by atoms with Crippen LogP contribution >= 0.6 is 11.6 Å². The summed E-state index contributed by atoms with van der Waals surface area (Å²) in [6.07, 6.45) is -0.212. The molecule has 4 N–H and O–H groups in total. The summed E-state index contributed by atoms with van der Waals surface area (Å²) in [7, 11) is 1.48. The number of carbonyl (C=O) groups excluding carboxylic acids is 2. The van der Waals surface area contributed by atoms with Crippen LogP contribution in [0.2, 0.25) is 5.02 Å². The van der Waals surface area contributed by atoms with Crippen molar-refractivity contribution < 1.29 is 14.3 Å². The van der Waals surface area contributed by atoms with E-state index >= 15 is 0 Å². The van der Waals surface area contributed by atoms with Gasteiger partial charge in [0.2, 0.25) is 11.8 Å². The lowest BCUT2D eigenvalue weighted by Gasteiger charge is -2.12. The number of carbonyl (C=O) groups is 2. The van der Waals surface area contributed by atoms with E-state index in [1.165, 1.54) is 7.11 Å². The molecule has 0 fully saturated rings. The first-order valence-corrected chi connectivity index (χ1v) is 6.48. The normalized spacial score (nSPS) is 11.8. The Morgan fingerprint density at radius 3 is 2.50 bits per heavy atom. The van der Waals surface area contributed by atoms with E-state index in [1.807, 2.05) is 0 Å². The second kappa shape index (κ2) is 8.52. The van der Waals surface area contributed by atoms with E-state index in [4.69, 9.17) is 22.1 Å². The van der Waals surface area contributed by atoms with Crippen molar-refractivity contribution in [3.63, 3.8) is 0 Å². The Morgan fingerprint density at radius 2 is 1.95 bits per heavy atom. The van der Waals surface area contributed by atoms with Gasteiger partial charge in [-0.1, -0.05) is 11.6 Å². The Bertz CT molecular complexity index is 447. The van der Waals surface area contributed by atoms with Gasteiger partial charge in [0, 0.05) is 24.4 Å². The summed E-state index contributed by atoms with van der Waals surface area (Å²) < 4.78 is 4.98. The third-order valence-corrected chi connectivity index (χ3v) is 2.84. The summed E-state index contributed by atoms with van der Waals surface area (Å²) in [5.74, 6) is -0.601. The van der Waals surface area contributed by atoms with E-state index in [-0.39, 0.29) is 37.4 Å². The molecule has 6 nitrogen and oxygen atoms in total. The maximum absolute atomic E-state index is 11.6. The molecule has 7 heteroatoms. The zero-order chi connectivity index (χ0) is 15.0. The molecule has 2 amide bonds. The van der Waals surface area contributed by atoms with Gasteiger partial charge in [0.05, 0.1) is 19.1 Å². The summed E-state index contributed by atoms with van der Waals surface area (Å²) in [6, 6.07) is 6.69. The van der Waals surface area contributed by atoms with Crippen molar-refractivity contribution in [2.24, 2.45) is 5.73 Å². The van der Waals surface area contributed by atoms with Gasteiger partial charge in [-0.2, -0.15) is 0 Å². The summed E-state index contributed by atoms with van der Waals surface area (Å²) >= 11 is 5.74. The summed E-state index contributed by atoms with van der Waals surface area (Å²) in [5.41, 5.74) is 6.02. The first kappa shape index (κ1) is 16.4. The van der Waals surface area contributed by atoms with Crippen LogP contribution in [0.5, 0.6) is 0 Å². The van der Waals surface area contributed by atoms with Gasteiger partial charge in [0.15, 0.2) is 0 Å². The van der Waals surface area contributed by atoms with E-state index < -0.39 is 0 Å². The minimum absolute atomic E-state index is 0.109. The number of ether oxygens (including phenoxy) is 1. The summed E-state index contributed by atoms with van der Waals surface area (Å²) in [5, 5.41) is 5.72. The molecule has 0 spiro atoms. The van der Waals surface area contributed by atoms with Crippen molar-refractivity contribution in [2.45, 2.75) is 12.5 Å². The van der Waals surface area contributed by atoms with Crippen molar-refractivity contribution in [1.29, 1.82) is 0 Å². The lowest BCUT2D eigenvalue weighted by Crippen LogP contribution is -2.36. The van der Waals surface area contributed by atoms with E-state index in [9.17, 15) is 9.59 Å². The Hall–Kier alpha value is -1.63. The van der Waals surface area contributed by atoms with Gasteiger partial charge >= 0.3 is 0 Å². The number of halogens is 1. The van der Waals surface area contributed by atoms with Crippen molar-refractivity contribution >= 4 is 29.1 Å². The molecule has 0 aliphatic carbocycles. The van der Waals surface area contributed by atoms with E-state index in [2.05, 4.69) is 10.6 Å². The molecule has 1 rings (SSSR count). The third kappa shape index (κ3) is 6.01. The maximum Gasteiger partial charge on any atom is 0.243 e. The predicted octanol–water partition coefficient (Wildman–Crippen LogP) is 0.758. The molecule has 0 bridgehead atoms. The molecular weight excluding hydrogens is 282 g/mol. The molecule has 1 atom stereocenters. The SMILES string of the molecule is COC(CN)CC(=O)NCC(=O)Nc1ccc(Cl)cc1. The van der Waals surface area contributed by atoms with Crippen LogP contribution in [0.4, 0.5) is 5.69 Å². The van der Waals surface area contributed by atoms with Crippen LogP contribution in [0.15, 0.2) is 24.3 Å². The lowest BCUT2D eigenvalue weighted by molar-refractivity contribution is -0.125. The van der Waals surface area contributed by atoms with E-state index in [1.54, 1.807) is 24.3 Å². The van der Waals surface area contributed by atoms with Gasteiger partial charge in [0.25, 0.3) is 0 Å². The zero-order valence-electron chi connectivity index (χ0n) is 11.2. The van der Waals surface area contributed by atoms with Crippen LogP contribution < -0.4 is 16.4 Å². The molecule has 0 saturated heterocycles. The highest BCUT2D eigenvalue weighted by Gasteiger charge is 2.12. The van der Waals surface area contributed by atoms with Crippen molar-refractivity contribution in [1.82, 2.24) is 5.32 Å². The van der Waals surface area contributed by atoms with Crippen LogP contribution in [-0.4, -0.2) is 38.1 Å². The maximum atomic E-state index is 11.6. The van der Waals surface area contributed by atoms with Gasteiger partial charge in [-0.05, 0) is 24.3 Å². The van der Waals surface area contributed by atoms with Crippen molar-refractivity contribution in [2.75, 3.05) is 25.5 Å². The van der Waals surface area contributed by atoms with Gasteiger partial charge in [0.1, 0.15) is 0 Å². The summed E-state index contributed by atoms with van der Waals surface area (Å²) in [4.78, 5) is 23.1. The molecule has 110 valence electrons. The largest absolute Gasteiger partial charge is 0.380 e. The molecule has 0 heterocycles. The first-order valence-electron chi connectivity index (χ1n) is 6.10. The molecule has 1 unspecified atom stereocenters. The molecule has 0 aromatic heterocycles. The van der Waals surface area contributed by atoms with Crippen LogP contribution in [0, 0.1) is 0 Å². The Kier molecular flexibility index (Phi) is 7.00. The Labute approximate surface area is 122 Å². The third-order valence-electron chi connectivity index (χ3n) is 2.58. The molecule has 0 saturated carbocycles.